The standard InChI is InChI=1S/C58H72Cl2N2/c59-51-41-56(61(52-33-29-43-21-13-5-1-9-17-25-47(43)37-52)53-34-30-44-22-14-6-2-10-18-26-48(44)38-53)58(60)57(42-51)62(54-35-31-45-23-15-7-3-11-19-27-49(45)39-54)55-36-32-46-24-16-8-4-12-20-28-50(46)40-55/h29-43,47H,1-28H2. The minimum atomic E-state index is 0.526. The first-order valence-corrected chi connectivity index (χ1v) is 26.2. The molecule has 0 N–H and O–H groups in total. The quantitative estimate of drug-likeness (QED) is 0.190. The molecular weight excluding hydrogens is 796 g/mol. The van der Waals surface area contributed by atoms with Crippen LogP contribution in [0.4, 0.5) is 28.4 Å². The van der Waals surface area contributed by atoms with Crippen LogP contribution in [0.15, 0.2) is 90.7 Å². The molecule has 4 heteroatoms. The highest BCUT2D eigenvalue weighted by Crippen LogP contribution is 2.49. The molecule has 2 unspecified atom stereocenters. The van der Waals surface area contributed by atoms with E-state index in [1.165, 1.54) is 204 Å². The van der Waals surface area contributed by atoms with Crippen molar-refractivity contribution in [2.24, 2.45) is 11.8 Å². The molecule has 328 valence electrons. The van der Waals surface area contributed by atoms with Crippen LogP contribution in [0.2, 0.25) is 10.0 Å². The maximum absolute atomic E-state index is 8.09. The fraction of sp³-hybridized carbons (Fsp3) is 0.517. The number of allylic oxidation sites excluding steroid dienone is 3. The number of hydrogen-bond acceptors (Lipinski definition) is 2. The number of halogens is 2. The lowest BCUT2D eigenvalue weighted by atomic mass is 9.81. The third kappa shape index (κ3) is 10.6. The molecule has 9 rings (SSSR count). The number of aryl methyl sites for hydroxylation is 6. The van der Waals surface area contributed by atoms with Crippen LogP contribution in [0.25, 0.3) is 0 Å². The van der Waals surface area contributed by atoms with Crippen LogP contribution in [-0.2, 0) is 38.5 Å². The number of nitrogens with zero attached hydrogens (tertiary/aromatic N) is 2. The minimum absolute atomic E-state index is 0.526. The summed E-state index contributed by atoms with van der Waals surface area (Å²) in [5, 5.41) is 1.46. The summed E-state index contributed by atoms with van der Waals surface area (Å²) >= 11 is 15.5. The van der Waals surface area contributed by atoms with Gasteiger partial charge in [0.1, 0.15) is 0 Å². The Labute approximate surface area is 385 Å². The largest absolute Gasteiger partial charge is 0.309 e. The van der Waals surface area contributed by atoms with E-state index in [2.05, 4.69) is 94.8 Å². The van der Waals surface area contributed by atoms with Gasteiger partial charge in [-0.1, -0.05) is 143 Å². The highest BCUT2D eigenvalue weighted by Gasteiger charge is 2.29. The predicted octanol–water partition coefficient (Wildman–Crippen LogP) is 18.2. The van der Waals surface area contributed by atoms with Crippen molar-refractivity contribution in [3.05, 3.63) is 134 Å². The summed E-state index contributed by atoms with van der Waals surface area (Å²) < 4.78 is 0. The molecule has 1 saturated carbocycles. The SMILES string of the molecule is Clc1cc(N(C2=CC3CCCCCCCC3C=C2)c2ccc3c(c2)CCCCCCC3)c(Cl)c(N(c2ccc3c(c2)CCCCCCC3)c2ccc3c(c2)CCCCCCC3)c1. The van der Waals surface area contributed by atoms with Gasteiger partial charge in [0.15, 0.2) is 0 Å². The third-order valence-electron chi connectivity index (χ3n) is 15.3. The summed E-state index contributed by atoms with van der Waals surface area (Å²) in [7, 11) is 0. The van der Waals surface area contributed by atoms with Gasteiger partial charge in [-0.3, -0.25) is 0 Å². The molecule has 5 aliphatic carbocycles. The van der Waals surface area contributed by atoms with Crippen LogP contribution in [0.5, 0.6) is 0 Å². The van der Waals surface area contributed by atoms with Gasteiger partial charge in [-0.2, -0.15) is 0 Å². The van der Waals surface area contributed by atoms with Gasteiger partial charge in [-0.25, -0.2) is 0 Å². The van der Waals surface area contributed by atoms with E-state index in [-0.39, 0.29) is 0 Å². The van der Waals surface area contributed by atoms with E-state index >= 15 is 0 Å². The van der Waals surface area contributed by atoms with E-state index in [0.29, 0.717) is 16.9 Å². The number of benzene rings is 4. The average Bonchev–Trinajstić information content (AvgIpc) is 3.61. The monoisotopic (exact) mass is 867 g/mol. The zero-order valence-corrected chi connectivity index (χ0v) is 39.2. The highest BCUT2D eigenvalue weighted by atomic mass is 35.5. The van der Waals surface area contributed by atoms with Crippen molar-refractivity contribution in [1.82, 2.24) is 0 Å². The fourth-order valence-corrected chi connectivity index (χ4v) is 12.2. The Morgan fingerprint density at radius 2 is 0.742 bits per heavy atom. The van der Waals surface area contributed by atoms with Gasteiger partial charge < -0.3 is 9.80 Å². The fourth-order valence-electron chi connectivity index (χ4n) is 11.7. The molecule has 2 nitrogen and oxygen atoms in total. The lowest BCUT2D eigenvalue weighted by Crippen LogP contribution is -2.23. The second kappa shape index (κ2) is 21.5. The zero-order valence-electron chi connectivity index (χ0n) is 37.7. The maximum atomic E-state index is 8.09. The zero-order chi connectivity index (χ0) is 42.1. The van der Waals surface area contributed by atoms with Crippen molar-refractivity contribution in [2.45, 2.75) is 180 Å². The van der Waals surface area contributed by atoms with Crippen molar-refractivity contribution in [3.8, 4) is 0 Å². The summed E-state index contributed by atoms with van der Waals surface area (Å²) in [4.78, 5) is 4.94. The van der Waals surface area contributed by atoms with Gasteiger partial charge in [-0.15, -0.1) is 0 Å². The molecule has 0 bridgehead atoms. The Balaban J connectivity index is 1.21. The van der Waals surface area contributed by atoms with Gasteiger partial charge in [0, 0.05) is 27.8 Å². The molecule has 4 aromatic carbocycles. The Morgan fingerprint density at radius 3 is 1.21 bits per heavy atom. The third-order valence-corrected chi connectivity index (χ3v) is 15.9. The molecule has 0 aliphatic heterocycles. The maximum Gasteiger partial charge on any atom is 0.0888 e. The van der Waals surface area contributed by atoms with E-state index in [9.17, 15) is 0 Å². The van der Waals surface area contributed by atoms with E-state index in [1.54, 1.807) is 0 Å². The van der Waals surface area contributed by atoms with E-state index in [0.717, 1.165) is 48.5 Å². The van der Waals surface area contributed by atoms with Gasteiger partial charge in [0.2, 0.25) is 0 Å². The summed E-state index contributed by atoms with van der Waals surface area (Å²) in [6, 6.07) is 26.2. The topological polar surface area (TPSA) is 6.48 Å². The number of fused-ring (bicyclic) bond motifs is 4. The van der Waals surface area contributed by atoms with E-state index < -0.39 is 0 Å². The second-order valence-electron chi connectivity index (χ2n) is 19.7. The first-order chi connectivity index (χ1) is 30.6. The van der Waals surface area contributed by atoms with Gasteiger partial charge in [0.05, 0.1) is 16.4 Å². The molecule has 5 aliphatic rings. The van der Waals surface area contributed by atoms with Gasteiger partial charge in [0.25, 0.3) is 0 Å². The average molecular weight is 868 g/mol. The highest BCUT2D eigenvalue weighted by molar-refractivity contribution is 6.38. The normalized spacial score (nSPS) is 21.5. The Kier molecular flexibility index (Phi) is 15.2. The molecular formula is C58H72Cl2N2. The summed E-state index contributed by atoms with van der Waals surface area (Å²) in [6.45, 7) is 0. The van der Waals surface area contributed by atoms with Crippen LogP contribution in [0.3, 0.4) is 0 Å². The summed E-state index contributed by atoms with van der Waals surface area (Å²) in [5.74, 6) is 1.13. The molecule has 0 heterocycles. The molecule has 4 aromatic rings. The Bertz CT molecular complexity index is 2130. The molecule has 0 radical (unpaired) electrons. The summed E-state index contributed by atoms with van der Waals surface area (Å²) in [6.07, 6.45) is 43.2. The van der Waals surface area contributed by atoms with E-state index in [1.807, 2.05) is 0 Å². The molecule has 0 amide bonds. The molecule has 0 saturated heterocycles. The minimum Gasteiger partial charge on any atom is -0.309 e. The van der Waals surface area contributed by atoms with Crippen molar-refractivity contribution < 1.29 is 0 Å². The van der Waals surface area contributed by atoms with Crippen LogP contribution in [-0.4, -0.2) is 0 Å². The molecule has 62 heavy (non-hydrogen) atoms. The first kappa shape index (κ1) is 43.8. The van der Waals surface area contributed by atoms with Gasteiger partial charge >= 0.3 is 0 Å². The molecule has 0 spiro atoms. The van der Waals surface area contributed by atoms with Crippen molar-refractivity contribution in [2.75, 3.05) is 9.80 Å². The molecule has 1 fully saturated rings. The summed E-state index contributed by atoms with van der Waals surface area (Å²) in [5.41, 5.74) is 15.7. The number of rotatable bonds is 6. The van der Waals surface area contributed by atoms with Crippen molar-refractivity contribution in [3.63, 3.8) is 0 Å². The second-order valence-corrected chi connectivity index (χ2v) is 20.5. The molecule has 2 atom stereocenters. The number of hydrogen-bond donors (Lipinski definition) is 0. The van der Waals surface area contributed by atoms with Crippen LogP contribution < -0.4 is 9.80 Å². The predicted molar refractivity (Wildman–Crippen MR) is 268 cm³/mol. The molecule has 0 aromatic heterocycles. The lowest BCUT2D eigenvalue weighted by molar-refractivity contribution is 0.406. The van der Waals surface area contributed by atoms with E-state index in [4.69, 9.17) is 23.2 Å². The smallest absolute Gasteiger partial charge is 0.0888 e. The van der Waals surface area contributed by atoms with Crippen LogP contribution in [0, 0.1) is 11.8 Å². The lowest BCUT2D eigenvalue weighted by Gasteiger charge is -2.35. The number of anilines is 5. The Hall–Kier alpha value is -3.46. The van der Waals surface area contributed by atoms with Gasteiger partial charge in [-0.05, 0) is 190 Å². The first-order valence-electron chi connectivity index (χ1n) is 25.4. The Morgan fingerprint density at radius 1 is 0.371 bits per heavy atom. The van der Waals surface area contributed by atoms with Crippen LogP contribution >= 0.6 is 23.2 Å². The van der Waals surface area contributed by atoms with Crippen LogP contribution in [0.1, 0.15) is 175 Å². The van der Waals surface area contributed by atoms with Crippen molar-refractivity contribution >= 4 is 51.6 Å². The van der Waals surface area contributed by atoms with Crippen molar-refractivity contribution in [1.29, 1.82) is 0 Å².